The van der Waals surface area contributed by atoms with Crippen molar-refractivity contribution in [2.75, 3.05) is 25.0 Å². The number of carbonyl (C=O) groups excluding carboxylic acids is 1. The summed E-state index contributed by atoms with van der Waals surface area (Å²) in [4.78, 5) is 18.6. The molecule has 0 bridgehead atoms. The second kappa shape index (κ2) is 8.56. The highest BCUT2D eigenvalue weighted by atomic mass is 16.2. The summed E-state index contributed by atoms with van der Waals surface area (Å²) < 4.78 is 0. The second-order valence-corrected chi connectivity index (χ2v) is 5.22. The predicted molar refractivity (Wildman–Crippen MR) is 84.1 cm³/mol. The molecule has 4 heteroatoms. The highest BCUT2D eigenvalue weighted by molar-refractivity contribution is 5.94. The average molecular weight is 277 g/mol. The molecular formula is C16H27N3O. The van der Waals surface area contributed by atoms with E-state index in [1.165, 1.54) is 0 Å². The molecule has 1 N–H and O–H groups in total. The molecule has 1 aromatic rings. The van der Waals surface area contributed by atoms with Crippen molar-refractivity contribution in [1.29, 1.82) is 0 Å². The molecule has 112 valence electrons. The predicted octanol–water partition coefficient (Wildman–Crippen LogP) is 3.41. The van der Waals surface area contributed by atoms with Gasteiger partial charge >= 0.3 is 0 Å². The van der Waals surface area contributed by atoms with Gasteiger partial charge in [0.2, 0.25) is 0 Å². The lowest BCUT2D eigenvalue weighted by atomic mass is 10.1. The summed E-state index contributed by atoms with van der Waals surface area (Å²) >= 11 is 0. The number of nitrogens with one attached hydrogen (secondary N) is 1. The third-order valence-electron chi connectivity index (χ3n) is 3.46. The van der Waals surface area contributed by atoms with Crippen LogP contribution in [0.1, 0.15) is 50.9 Å². The molecule has 0 aliphatic rings. The van der Waals surface area contributed by atoms with Crippen LogP contribution in [0, 0.1) is 5.92 Å². The first-order valence-electron chi connectivity index (χ1n) is 7.61. The van der Waals surface area contributed by atoms with Crippen molar-refractivity contribution in [3.8, 4) is 0 Å². The van der Waals surface area contributed by atoms with Crippen molar-refractivity contribution in [1.82, 2.24) is 9.88 Å². The lowest BCUT2D eigenvalue weighted by molar-refractivity contribution is 0.0740. The zero-order valence-corrected chi connectivity index (χ0v) is 13.1. The third-order valence-corrected chi connectivity index (χ3v) is 3.46. The molecule has 20 heavy (non-hydrogen) atoms. The van der Waals surface area contributed by atoms with Crippen molar-refractivity contribution in [2.24, 2.45) is 5.92 Å². The lowest BCUT2D eigenvalue weighted by Crippen LogP contribution is -2.34. The van der Waals surface area contributed by atoms with E-state index in [-0.39, 0.29) is 5.91 Å². The molecule has 0 saturated carbocycles. The van der Waals surface area contributed by atoms with Gasteiger partial charge in [-0.3, -0.25) is 4.79 Å². The SMILES string of the molecule is CCCNc1ccc(C(=O)N(CC)CC(C)CC)cn1. The topological polar surface area (TPSA) is 45.2 Å². The number of aromatic nitrogens is 1. The first-order valence-corrected chi connectivity index (χ1v) is 7.61. The molecule has 1 atom stereocenters. The van der Waals surface area contributed by atoms with E-state index in [0.29, 0.717) is 11.5 Å². The monoisotopic (exact) mass is 277 g/mol. The molecule has 0 fully saturated rings. The Bertz CT molecular complexity index is 403. The summed E-state index contributed by atoms with van der Waals surface area (Å²) in [5, 5.41) is 3.21. The summed E-state index contributed by atoms with van der Waals surface area (Å²) in [7, 11) is 0. The Kier molecular flexibility index (Phi) is 7.05. The van der Waals surface area contributed by atoms with Crippen molar-refractivity contribution in [2.45, 2.75) is 40.5 Å². The summed E-state index contributed by atoms with van der Waals surface area (Å²) in [5.74, 6) is 1.42. The van der Waals surface area contributed by atoms with Crippen LogP contribution in [-0.4, -0.2) is 35.4 Å². The van der Waals surface area contributed by atoms with Crippen LogP contribution < -0.4 is 5.32 Å². The Morgan fingerprint density at radius 1 is 1.35 bits per heavy atom. The highest BCUT2D eigenvalue weighted by Crippen LogP contribution is 2.11. The molecule has 0 spiro atoms. The summed E-state index contributed by atoms with van der Waals surface area (Å²) in [6.07, 6.45) is 3.81. The number of pyridine rings is 1. The largest absolute Gasteiger partial charge is 0.370 e. The van der Waals surface area contributed by atoms with Crippen LogP contribution in [0.2, 0.25) is 0 Å². The fraction of sp³-hybridized carbons (Fsp3) is 0.625. The number of rotatable bonds is 8. The molecular weight excluding hydrogens is 250 g/mol. The Morgan fingerprint density at radius 3 is 2.60 bits per heavy atom. The molecule has 1 heterocycles. The van der Waals surface area contributed by atoms with Gasteiger partial charge in [-0.15, -0.1) is 0 Å². The van der Waals surface area contributed by atoms with Crippen LogP contribution >= 0.6 is 0 Å². The normalized spacial score (nSPS) is 12.0. The molecule has 0 radical (unpaired) electrons. The minimum absolute atomic E-state index is 0.0716. The van der Waals surface area contributed by atoms with Crippen LogP contribution in [0.4, 0.5) is 5.82 Å². The van der Waals surface area contributed by atoms with Gasteiger partial charge in [-0.25, -0.2) is 4.98 Å². The third kappa shape index (κ3) is 4.83. The quantitative estimate of drug-likeness (QED) is 0.792. The number of nitrogens with zero attached hydrogens (tertiary/aromatic N) is 2. The maximum absolute atomic E-state index is 12.4. The van der Waals surface area contributed by atoms with Gasteiger partial charge in [0, 0.05) is 25.8 Å². The Labute approximate surface area is 122 Å². The molecule has 1 rings (SSSR count). The van der Waals surface area contributed by atoms with Crippen molar-refractivity contribution >= 4 is 11.7 Å². The summed E-state index contributed by atoms with van der Waals surface area (Å²) in [5.41, 5.74) is 0.664. The van der Waals surface area contributed by atoms with Gasteiger partial charge in [0.15, 0.2) is 0 Å². The fourth-order valence-corrected chi connectivity index (χ4v) is 1.92. The maximum Gasteiger partial charge on any atom is 0.255 e. The van der Waals surface area contributed by atoms with Crippen LogP contribution in [0.25, 0.3) is 0 Å². The van der Waals surface area contributed by atoms with Crippen LogP contribution in [0.3, 0.4) is 0 Å². The Morgan fingerprint density at radius 2 is 2.10 bits per heavy atom. The van der Waals surface area contributed by atoms with E-state index in [2.05, 4.69) is 31.1 Å². The van der Waals surface area contributed by atoms with E-state index >= 15 is 0 Å². The lowest BCUT2D eigenvalue weighted by Gasteiger charge is -2.24. The first-order chi connectivity index (χ1) is 9.62. The minimum atomic E-state index is 0.0716. The van der Waals surface area contributed by atoms with Crippen LogP contribution in [0.15, 0.2) is 18.3 Å². The Balaban J connectivity index is 2.69. The standard InChI is InChI=1S/C16H27N3O/c1-5-10-17-15-9-8-14(11-18-15)16(20)19(7-3)12-13(4)6-2/h8-9,11,13H,5-7,10,12H2,1-4H3,(H,17,18). The molecule has 1 aromatic heterocycles. The van der Waals surface area contributed by atoms with Gasteiger partial charge in [-0.05, 0) is 31.4 Å². The van der Waals surface area contributed by atoms with Gasteiger partial charge < -0.3 is 10.2 Å². The van der Waals surface area contributed by atoms with Crippen LogP contribution in [-0.2, 0) is 0 Å². The molecule has 1 amide bonds. The van der Waals surface area contributed by atoms with Crippen molar-refractivity contribution in [3.05, 3.63) is 23.9 Å². The Hall–Kier alpha value is -1.58. The van der Waals surface area contributed by atoms with E-state index in [0.717, 1.165) is 38.3 Å². The van der Waals surface area contributed by atoms with Gasteiger partial charge in [-0.2, -0.15) is 0 Å². The number of amides is 1. The van der Waals surface area contributed by atoms with Crippen molar-refractivity contribution < 1.29 is 4.79 Å². The summed E-state index contributed by atoms with van der Waals surface area (Å²) in [6, 6.07) is 3.73. The number of hydrogen-bond acceptors (Lipinski definition) is 3. The van der Waals surface area contributed by atoms with E-state index in [1.807, 2.05) is 24.0 Å². The fourth-order valence-electron chi connectivity index (χ4n) is 1.92. The highest BCUT2D eigenvalue weighted by Gasteiger charge is 2.16. The molecule has 0 aliphatic heterocycles. The van der Waals surface area contributed by atoms with Gasteiger partial charge in [0.1, 0.15) is 5.82 Å². The molecule has 1 unspecified atom stereocenters. The average Bonchev–Trinajstić information content (AvgIpc) is 2.50. The molecule has 0 aliphatic carbocycles. The zero-order valence-electron chi connectivity index (χ0n) is 13.1. The van der Waals surface area contributed by atoms with Crippen LogP contribution in [0.5, 0.6) is 0 Å². The molecule has 0 aromatic carbocycles. The minimum Gasteiger partial charge on any atom is -0.370 e. The number of carbonyl (C=O) groups is 1. The van der Waals surface area contributed by atoms with Crippen molar-refractivity contribution in [3.63, 3.8) is 0 Å². The van der Waals surface area contributed by atoms with Gasteiger partial charge in [0.25, 0.3) is 5.91 Å². The second-order valence-electron chi connectivity index (χ2n) is 5.22. The zero-order chi connectivity index (χ0) is 15.0. The van der Waals surface area contributed by atoms with Gasteiger partial charge in [0.05, 0.1) is 5.56 Å². The van der Waals surface area contributed by atoms with Gasteiger partial charge in [-0.1, -0.05) is 27.2 Å². The number of hydrogen-bond donors (Lipinski definition) is 1. The molecule has 4 nitrogen and oxygen atoms in total. The van der Waals surface area contributed by atoms with E-state index in [4.69, 9.17) is 0 Å². The molecule has 0 saturated heterocycles. The number of anilines is 1. The first kappa shape index (κ1) is 16.5. The maximum atomic E-state index is 12.4. The van der Waals surface area contributed by atoms with E-state index in [1.54, 1.807) is 6.20 Å². The van der Waals surface area contributed by atoms with E-state index < -0.39 is 0 Å². The smallest absolute Gasteiger partial charge is 0.255 e. The van der Waals surface area contributed by atoms with E-state index in [9.17, 15) is 4.79 Å². The summed E-state index contributed by atoms with van der Waals surface area (Å²) in [6.45, 7) is 10.9.